The van der Waals surface area contributed by atoms with Crippen molar-refractivity contribution >= 4 is 17.9 Å². The van der Waals surface area contributed by atoms with Crippen molar-refractivity contribution in [2.24, 2.45) is 5.92 Å². The van der Waals surface area contributed by atoms with Crippen molar-refractivity contribution in [1.29, 1.82) is 0 Å². The molecule has 6 heteroatoms. The van der Waals surface area contributed by atoms with Crippen LogP contribution in [0, 0.1) is 5.92 Å². The molecule has 356 valence electrons. The van der Waals surface area contributed by atoms with Crippen LogP contribution in [-0.2, 0) is 28.6 Å². The zero-order valence-corrected chi connectivity index (χ0v) is 40.9. The summed E-state index contributed by atoms with van der Waals surface area (Å²) >= 11 is 0. The molecule has 0 aromatic carbocycles. The summed E-state index contributed by atoms with van der Waals surface area (Å²) in [6.45, 7) is 9.06. The maximum atomic E-state index is 12.8. The van der Waals surface area contributed by atoms with Crippen LogP contribution in [0.2, 0.25) is 0 Å². The Bertz CT molecular complexity index is 905. The third-order valence-corrected chi connectivity index (χ3v) is 12.7. The van der Waals surface area contributed by atoms with Crippen molar-refractivity contribution in [2.45, 2.75) is 310 Å². The van der Waals surface area contributed by atoms with Gasteiger partial charge in [-0.2, -0.15) is 0 Å². The third-order valence-electron chi connectivity index (χ3n) is 12.7. The van der Waals surface area contributed by atoms with Crippen LogP contribution in [0.25, 0.3) is 0 Å². The largest absolute Gasteiger partial charge is 0.462 e. The SMILES string of the molecule is CCCCCCCCCCCCCCCCCC(=O)O[C@H](COC(=O)CCCCCCCCCCCCCCC)COC(=O)CCCCCCCCCCCCC(C)CC. The number of hydrogen-bond acceptors (Lipinski definition) is 6. The fourth-order valence-electron chi connectivity index (χ4n) is 8.19. The normalized spacial score (nSPS) is 12.4. The second kappa shape index (κ2) is 48.4. The first-order valence-electron chi connectivity index (χ1n) is 26.9. The molecule has 0 radical (unpaired) electrons. The molecule has 0 saturated carbocycles. The fourth-order valence-corrected chi connectivity index (χ4v) is 8.19. The molecular formula is C54H104O6. The summed E-state index contributed by atoms with van der Waals surface area (Å²) < 4.78 is 16.8. The Hall–Kier alpha value is -1.59. The Morgan fingerprint density at radius 3 is 0.867 bits per heavy atom. The number of hydrogen-bond donors (Lipinski definition) is 0. The van der Waals surface area contributed by atoms with Gasteiger partial charge in [0.15, 0.2) is 6.10 Å². The number of unbranched alkanes of at least 4 members (excludes halogenated alkanes) is 35. The van der Waals surface area contributed by atoms with Crippen LogP contribution in [0.1, 0.15) is 304 Å². The van der Waals surface area contributed by atoms with Crippen molar-refractivity contribution in [3.8, 4) is 0 Å². The van der Waals surface area contributed by atoms with Gasteiger partial charge in [0.1, 0.15) is 13.2 Å². The molecule has 6 nitrogen and oxygen atoms in total. The van der Waals surface area contributed by atoms with Crippen LogP contribution in [-0.4, -0.2) is 37.2 Å². The highest BCUT2D eigenvalue weighted by atomic mass is 16.6. The Morgan fingerprint density at radius 2 is 0.583 bits per heavy atom. The zero-order valence-electron chi connectivity index (χ0n) is 40.9. The Morgan fingerprint density at radius 1 is 0.333 bits per heavy atom. The van der Waals surface area contributed by atoms with Crippen LogP contribution < -0.4 is 0 Å². The molecular weight excluding hydrogens is 745 g/mol. The van der Waals surface area contributed by atoms with E-state index in [2.05, 4.69) is 27.7 Å². The van der Waals surface area contributed by atoms with E-state index in [1.165, 1.54) is 199 Å². The van der Waals surface area contributed by atoms with E-state index in [9.17, 15) is 14.4 Å². The van der Waals surface area contributed by atoms with Gasteiger partial charge in [0.05, 0.1) is 0 Å². The molecule has 0 N–H and O–H groups in total. The van der Waals surface area contributed by atoms with Crippen molar-refractivity contribution in [1.82, 2.24) is 0 Å². The summed E-state index contributed by atoms with van der Waals surface area (Å²) in [6, 6.07) is 0. The summed E-state index contributed by atoms with van der Waals surface area (Å²) in [7, 11) is 0. The van der Waals surface area contributed by atoms with E-state index < -0.39 is 6.10 Å². The lowest BCUT2D eigenvalue weighted by Gasteiger charge is -2.18. The van der Waals surface area contributed by atoms with Crippen LogP contribution in [0.3, 0.4) is 0 Å². The molecule has 0 aromatic heterocycles. The minimum atomic E-state index is -0.761. The van der Waals surface area contributed by atoms with Crippen molar-refractivity contribution < 1.29 is 28.6 Å². The standard InChI is InChI=1S/C54H104O6/c1-5-8-10-12-14-16-18-20-21-23-25-31-35-39-43-47-54(57)60-51(48-58-52(55)45-41-37-33-29-24-22-19-17-15-13-11-9-6-2)49-59-53(56)46-42-38-34-30-27-26-28-32-36-40-44-50(4)7-3/h50-51H,5-49H2,1-4H3/t50?,51-/m1/s1. The monoisotopic (exact) mass is 849 g/mol. The van der Waals surface area contributed by atoms with Crippen molar-refractivity contribution in [3.63, 3.8) is 0 Å². The topological polar surface area (TPSA) is 78.9 Å². The van der Waals surface area contributed by atoms with Crippen molar-refractivity contribution in [2.75, 3.05) is 13.2 Å². The third kappa shape index (κ3) is 45.9. The molecule has 0 fully saturated rings. The molecule has 0 heterocycles. The first-order valence-corrected chi connectivity index (χ1v) is 26.9. The van der Waals surface area contributed by atoms with E-state index >= 15 is 0 Å². The molecule has 0 rings (SSSR count). The van der Waals surface area contributed by atoms with E-state index in [1.807, 2.05) is 0 Å². The van der Waals surface area contributed by atoms with Crippen LogP contribution >= 0.6 is 0 Å². The van der Waals surface area contributed by atoms with Gasteiger partial charge in [0.25, 0.3) is 0 Å². The van der Waals surface area contributed by atoms with Crippen LogP contribution in [0.15, 0.2) is 0 Å². The van der Waals surface area contributed by atoms with Gasteiger partial charge in [-0.3, -0.25) is 14.4 Å². The van der Waals surface area contributed by atoms with Crippen LogP contribution in [0.5, 0.6) is 0 Å². The predicted octanol–water partition coefficient (Wildman–Crippen LogP) is 17.5. The lowest BCUT2D eigenvalue weighted by atomic mass is 9.99. The molecule has 0 spiro atoms. The number of carbonyl (C=O) groups excluding carboxylic acids is 3. The lowest BCUT2D eigenvalue weighted by molar-refractivity contribution is -0.167. The van der Waals surface area contributed by atoms with Gasteiger partial charge in [-0.1, -0.05) is 265 Å². The number of esters is 3. The summed E-state index contributed by atoms with van der Waals surface area (Å²) in [4.78, 5) is 38.0. The van der Waals surface area contributed by atoms with E-state index in [0.29, 0.717) is 19.3 Å². The van der Waals surface area contributed by atoms with E-state index in [-0.39, 0.29) is 31.1 Å². The molecule has 0 amide bonds. The highest BCUT2D eigenvalue weighted by Crippen LogP contribution is 2.18. The molecule has 0 saturated heterocycles. The Labute approximate surface area is 374 Å². The van der Waals surface area contributed by atoms with Gasteiger partial charge in [-0.25, -0.2) is 0 Å². The maximum absolute atomic E-state index is 12.8. The zero-order chi connectivity index (χ0) is 43.8. The minimum absolute atomic E-state index is 0.0625. The molecule has 0 aromatic rings. The second-order valence-electron chi connectivity index (χ2n) is 18.8. The maximum Gasteiger partial charge on any atom is 0.306 e. The minimum Gasteiger partial charge on any atom is -0.462 e. The molecule has 0 aliphatic heterocycles. The Balaban J connectivity index is 4.32. The van der Waals surface area contributed by atoms with Gasteiger partial charge in [-0.15, -0.1) is 0 Å². The van der Waals surface area contributed by atoms with Gasteiger partial charge >= 0.3 is 17.9 Å². The summed E-state index contributed by atoms with van der Waals surface area (Å²) in [5.74, 6) is 0.0286. The molecule has 1 unspecified atom stereocenters. The van der Waals surface area contributed by atoms with Gasteiger partial charge in [0.2, 0.25) is 0 Å². The van der Waals surface area contributed by atoms with E-state index in [4.69, 9.17) is 14.2 Å². The highest BCUT2D eigenvalue weighted by Gasteiger charge is 2.19. The predicted molar refractivity (Wildman–Crippen MR) is 257 cm³/mol. The molecule has 2 atom stereocenters. The van der Waals surface area contributed by atoms with Crippen molar-refractivity contribution in [3.05, 3.63) is 0 Å². The average Bonchev–Trinajstić information content (AvgIpc) is 3.25. The number of carbonyl (C=O) groups is 3. The first kappa shape index (κ1) is 58.4. The second-order valence-corrected chi connectivity index (χ2v) is 18.8. The number of ether oxygens (including phenoxy) is 3. The fraction of sp³-hybridized carbons (Fsp3) is 0.944. The molecule has 0 aliphatic carbocycles. The summed E-state index contributed by atoms with van der Waals surface area (Å²) in [5, 5.41) is 0. The highest BCUT2D eigenvalue weighted by molar-refractivity contribution is 5.71. The van der Waals surface area contributed by atoms with Crippen LogP contribution in [0.4, 0.5) is 0 Å². The lowest BCUT2D eigenvalue weighted by Crippen LogP contribution is -2.30. The molecule has 0 aliphatic rings. The van der Waals surface area contributed by atoms with Gasteiger partial charge in [-0.05, 0) is 25.2 Å². The molecule has 60 heavy (non-hydrogen) atoms. The Kier molecular flexibility index (Phi) is 47.2. The average molecular weight is 849 g/mol. The number of rotatable bonds is 49. The van der Waals surface area contributed by atoms with Gasteiger partial charge < -0.3 is 14.2 Å². The summed E-state index contributed by atoms with van der Waals surface area (Å²) in [6.07, 6.45) is 50.7. The molecule has 0 bridgehead atoms. The summed E-state index contributed by atoms with van der Waals surface area (Å²) in [5.41, 5.74) is 0. The smallest absolute Gasteiger partial charge is 0.306 e. The van der Waals surface area contributed by atoms with Gasteiger partial charge in [0, 0.05) is 19.3 Å². The first-order chi connectivity index (χ1) is 29.4. The quantitative estimate of drug-likeness (QED) is 0.0345. The van der Waals surface area contributed by atoms with E-state index in [0.717, 1.165) is 63.7 Å². The van der Waals surface area contributed by atoms with E-state index in [1.54, 1.807) is 0 Å².